The summed E-state index contributed by atoms with van der Waals surface area (Å²) in [5.41, 5.74) is 3.62. The highest BCUT2D eigenvalue weighted by atomic mass is 15.2. The third kappa shape index (κ3) is 2.92. The Balaban J connectivity index is 2.23. The van der Waals surface area contributed by atoms with Gasteiger partial charge in [0.05, 0.1) is 0 Å². The molecule has 0 aliphatic rings. The molecule has 3 heteroatoms. The maximum Gasteiger partial charge on any atom is 0.207 e. The highest BCUT2D eigenvalue weighted by molar-refractivity contribution is 5.59. The van der Waals surface area contributed by atoms with E-state index in [9.17, 15) is 0 Å². The number of benzene rings is 1. The molecule has 0 aliphatic carbocycles. The Hall–Kier alpha value is -1.77. The van der Waals surface area contributed by atoms with E-state index in [1.54, 1.807) is 0 Å². The zero-order valence-corrected chi connectivity index (χ0v) is 11.6. The van der Waals surface area contributed by atoms with Gasteiger partial charge < -0.3 is 9.88 Å². The first-order valence-electron chi connectivity index (χ1n) is 6.41. The number of hydrogen-bond acceptors (Lipinski definition) is 2. The maximum absolute atomic E-state index is 4.39. The maximum atomic E-state index is 4.39. The minimum Gasteiger partial charge on any atom is -0.325 e. The number of aromatic nitrogens is 2. The number of nitrogens with zero attached hydrogens (tertiary/aromatic N) is 2. The average molecular weight is 243 g/mol. The summed E-state index contributed by atoms with van der Waals surface area (Å²) in [6.07, 6.45) is 3.86. The molecule has 0 saturated heterocycles. The Morgan fingerprint density at radius 1 is 1.28 bits per heavy atom. The molecule has 0 unspecified atom stereocenters. The lowest BCUT2D eigenvalue weighted by atomic mass is 10.1. The quantitative estimate of drug-likeness (QED) is 0.882. The van der Waals surface area contributed by atoms with Crippen molar-refractivity contribution < 1.29 is 0 Å². The van der Waals surface area contributed by atoms with Gasteiger partial charge in [-0.25, -0.2) is 4.98 Å². The van der Waals surface area contributed by atoms with Gasteiger partial charge in [0.15, 0.2) is 0 Å². The number of aryl methyl sites for hydroxylation is 2. The van der Waals surface area contributed by atoms with Crippen LogP contribution in [0, 0.1) is 19.8 Å². The number of anilines is 2. The van der Waals surface area contributed by atoms with Crippen LogP contribution in [0.25, 0.3) is 0 Å². The Labute approximate surface area is 109 Å². The van der Waals surface area contributed by atoms with Crippen molar-refractivity contribution in [1.29, 1.82) is 0 Å². The van der Waals surface area contributed by atoms with Crippen LogP contribution in [0.15, 0.2) is 30.6 Å². The van der Waals surface area contributed by atoms with Gasteiger partial charge >= 0.3 is 0 Å². The van der Waals surface area contributed by atoms with Crippen molar-refractivity contribution in [3.8, 4) is 0 Å². The predicted molar refractivity (Wildman–Crippen MR) is 76.3 cm³/mol. The van der Waals surface area contributed by atoms with E-state index in [0.717, 1.165) is 18.2 Å². The van der Waals surface area contributed by atoms with Crippen LogP contribution in [0.1, 0.15) is 25.0 Å². The lowest BCUT2D eigenvalue weighted by Crippen LogP contribution is -2.08. The zero-order chi connectivity index (χ0) is 13.1. The molecule has 0 aliphatic heterocycles. The summed E-state index contributed by atoms with van der Waals surface area (Å²) in [6, 6.07) is 6.41. The van der Waals surface area contributed by atoms with Crippen LogP contribution in [-0.4, -0.2) is 9.55 Å². The summed E-state index contributed by atoms with van der Waals surface area (Å²) in [5.74, 6) is 1.52. The van der Waals surface area contributed by atoms with Crippen LogP contribution in [0.2, 0.25) is 0 Å². The number of hydrogen-bond donors (Lipinski definition) is 1. The lowest BCUT2D eigenvalue weighted by molar-refractivity contribution is 0.527. The van der Waals surface area contributed by atoms with Crippen molar-refractivity contribution in [2.45, 2.75) is 34.2 Å². The SMILES string of the molecule is Cc1ccc(C)c(Nc2nccn2CC(C)C)c1. The predicted octanol–water partition coefficient (Wildman–Crippen LogP) is 3.90. The molecule has 1 aromatic heterocycles. The molecule has 96 valence electrons. The van der Waals surface area contributed by atoms with Crippen molar-refractivity contribution in [2.24, 2.45) is 5.92 Å². The second kappa shape index (κ2) is 5.25. The fourth-order valence-electron chi connectivity index (χ4n) is 1.96. The summed E-state index contributed by atoms with van der Waals surface area (Å²) in [4.78, 5) is 4.39. The summed E-state index contributed by atoms with van der Waals surface area (Å²) in [6.45, 7) is 9.61. The van der Waals surface area contributed by atoms with E-state index >= 15 is 0 Å². The summed E-state index contributed by atoms with van der Waals surface area (Å²) in [5, 5.41) is 3.42. The van der Waals surface area contributed by atoms with Crippen LogP contribution in [0.5, 0.6) is 0 Å². The third-order valence-electron chi connectivity index (χ3n) is 2.92. The monoisotopic (exact) mass is 243 g/mol. The van der Waals surface area contributed by atoms with Gasteiger partial charge in [-0.15, -0.1) is 0 Å². The average Bonchev–Trinajstić information content (AvgIpc) is 2.70. The first kappa shape index (κ1) is 12.7. The lowest BCUT2D eigenvalue weighted by Gasteiger charge is -2.13. The van der Waals surface area contributed by atoms with Gasteiger partial charge in [0.2, 0.25) is 5.95 Å². The molecule has 3 nitrogen and oxygen atoms in total. The van der Waals surface area contributed by atoms with Gasteiger partial charge in [-0.1, -0.05) is 26.0 Å². The van der Waals surface area contributed by atoms with Gasteiger partial charge in [0, 0.05) is 24.6 Å². The van der Waals surface area contributed by atoms with Crippen molar-refractivity contribution in [3.63, 3.8) is 0 Å². The summed E-state index contributed by atoms with van der Waals surface area (Å²) < 4.78 is 2.16. The molecule has 2 rings (SSSR count). The van der Waals surface area contributed by atoms with Crippen LogP contribution < -0.4 is 5.32 Å². The second-order valence-corrected chi connectivity index (χ2v) is 5.24. The fourth-order valence-corrected chi connectivity index (χ4v) is 1.96. The molecule has 1 heterocycles. The van der Waals surface area contributed by atoms with Gasteiger partial charge in [-0.2, -0.15) is 0 Å². The molecule has 2 aromatic rings. The molecule has 0 spiro atoms. The number of rotatable bonds is 4. The Bertz CT molecular complexity index is 526. The first-order chi connectivity index (χ1) is 8.56. The largest absolute Gasteiger partial charge is 0.325 e. The van der Waals surface area contributed by atoms with Crippen molar-refractivity contribution in [3.05, 3.63) is 41.7 Å². The van der Waals surface area contributed by atoms with Crippen molar-refractivity contribution in [1.82, 2.24) is 9.55 Å². The molecule has 0 atom stereocenters. The zero-order valence-electron chi connectivity index (χ0n) is 11.6. The molecular weight excluding hydrogens is 222 g/mol. The summed E-state index contributed by atoms with van der Waals surface area (Å²) >= 11 is 0. The molecule has 18 heavy (non-hydrogen) atoms. The molecule has 1 aromatic carbocycles. The third-order valence-corrected chi connectivity index (χ3v) is 2.92. The molecule has 0 saturated carbocycles. The topological polar surface area (TPSA) is 29.9 Å². The second-order valence-electron chi connectivity index (χ2n) is 5.24. The highest BCUT2D eigenvalue weighted by Gasteiger charge is 2.06. The van der Waals surface area contributed by atoms with E-state index < -0.39 is 0 Å². The molecular formula is C15H21N3. The van der Waals surface area contributed by atoms with Gasteiger partial charge in [0.25, 0.3) is 0 Å². The highest BCUT2D eigenvalue weighted by Crippen LogP contribution is 2.21. The first-order valence-corrected chi connectivity index (χ1v) is 6.41. The molecule has 0 amide bonds. The van der Waals surface area contributed by atoms with E-state index in [1.165, 1.54) is 11.1 Å². The normalized spacial score (nSPS) is 10.9. The fraction of sp³-hybridized carbons (Fsp3) is 0.400. The van der Waals surface area contributed by atoms with Crippen molar-refractivity contribution in [2.75, 3.05) is 5.32 Å². The molecule has 0 fully saturated rings. The van der Waals surface area contributed by atoms with Gasteiger partial charge in [0.1, 0.15) is 0 Å². The van der Waals surface area contributed by atoms with Gasteiger partial charge in [-0.05, 0) is 37.0 Å². The van der Waals surface area contributed by atoms with Crippen LogP contribution >= 0.6 is 0 Å². The smallest absolute Gasteiger partial charge is 0.207 e. The van der Waals surface area contributed by atoms with Crippen LogP contribution in [-0.2, 0) is 6.54 Å². The van der Waals surface area contributed by atoms with E-state index in [0.29, 0.717) is 5.92 Å². The standard InChI is InChI=1S/C15H21N3/c1-11(2)10-18-8-7-16-15(18)17-14-9-12(3)5-6-13(14)4/h5-9,11H,10H2,1-4H3,(H,16,17). The minimum absolute atomic E-state index is 0.610. The van der Waals surface area contributed by atoms with E-state index in [-0.39, 0.29) is 0 Å². The Kier molecular flexibility index (Phi) is 3.70. The van der Waals surface area contributed by atoms with Crippen LogP contribution in [0.4, 0.5) is 11.6 Å². The molecule has 0 radical (unpaired) electrons. The van der Waals surface area contributed by atoms with Crippen LogP contribution in [0.3, 0.4) is 0 Å². The Morgan fingerprint density at radius 3 is 2.78 bits per heavy atom. The number of nitrogens with one attached hydrogen (secondary N) is 1. The van der Waals surface area contributed by atoms with E-state index in [2.05, 4.69) is 60.8 Å². The van der Waals surface area contributed by atoms with Crippen molar-refractivity contribution >= 4 is 11.6 Å². The number of imidazole rings is 1. The molecule has 0 bridgehead atoms. The minimum atomic E-state index is 0.610. The molecule has 1 N–H and O–H groups in total. The van der Waals surface area contributed by atoms with Gasteiger partial charge in [-0.3, -0.25) is 0 Å². The Morgan fingerprint density at radius 2 is 2.06 bits per heavy atom. The van der Waals surface area contributed by atoms with E-state index in [1.807, 2.05) is 12.4 Å². The summed E-state index contributed by atoms with van der Waals surface area (Å²) in [7, 11) is 0. The van der Waals surface area contributed by atoms with E-state index in [4.69, 9.17) is 0 Å².